The van der Waals surface area contributed by atoms with Gasteiger partial charge in [0.1, 0.15) is 5.60 Å². The van der Waals surface area contributed by atoms with Crippen LogP contribution in [0.4, 0.5) is 16.2 Å². The van der Waals surface area contributed by atoms with Crippen molar-refractivity contribution in [3.05, 3.63) is 103 Å². The van der Waals surface area contributed by atoms with Gasteiger partial charge < -0.3 is 14.7 Å². The van der Waals surface area contributed by atoms with Gasteiger partial charge in [-0.3, -0.25) is 33.9 Å². The predicted molar refractivity (Wildman–Crippen MR) is 199 cm³/mol. The van der Waals surface area contributed by atoms with E-state index < -0.39 is 10.5 Å². The maximum Gasteiger partial charge on any atom is 0.410 e. The van der Waals surface area contributed by atoms with E-state index in [0.717, 1.165) is 47.4 Å². The summed E-state index contributed by atoms with van der Waals surface area (Å²) in [6.07, 6.45) is 4.77. The van der Waals surface area contributed by atoms with Crippen LogP contribution in [0, 0.1) is 20.2 Å². The Morgan fingerprint density at radius 1 is 0.808 bits per heavy atom. The van der Waals surface area contributed by atoms with E-state index in [1.807, 2.05) is 41.1 Å². The maximum atomic E-state index is 12.2. The Labute approximate surface area is 306 Å². The zero-order valence-corrected chi connectivity index (χ0v) is 30.5. The van der Waals surface area contributed by atoms with Gasteiger partial charge in [-0.2, -0.15) is 0 Å². The van der Waals surface area contributed by atoms with E-state index in [0.29, 0.717) is 42.0 Å². The largest absolute Gasteiger partial charge is 0.444 e. The number of carbonyl (C=O) groups excluding carboxylic acids is 1. The van der Waals surface area contributed by atoms with Crippen LogP contribution in [0.3, 0.4) is 0 Å². The number of nitro groups is 2. The fourth-order valence-corrected chi connectivity index (χ4v) is 7.66. The van der Waals surface area contributed by atoms with Gasteiger partial charge in [-0.15, -0.1) is 22.7 Å². The highest BCUT2D eigenvalue weighted by molar-refractivity contribution is 7.15. The number of hydrogen-bond acceptors (Lipinski definition) is 12. The molecule has 0 radical (unpaired) electrons. The molecule has 0 saturated carbocycles. The molecule has 5 heterocycles. The van der Waals surface area contributed by atoms with Crippen molar-refractivity contribution in [1.29, 1.82) is 0 Å². The molecule has 1 aliphatic heterocycles. The van der Waals surface area contributed by atoms with Crippen LogP contribution in [-0.2, 0) is 17.6 Å². The number of aliphatic hydroxyl groups excluding tert-OH is 1. The number of nitro benzene ring substituents is 2. The van der Waals surface area contributed by atoms with Crippen molar-refractivity contribution in [2.24, 2.45) is 0 Å². The van der Waals surface area contributed by atoms with Crippen LogP contribution >= 0.6 is 22.7 Å². The summed E-state index contributed by atoms with van der Waals surface area (Å²) in [6.45, 7) is 9.47. The molecule has 2 aromatic carbocycles. The molecule has 0 spiro atoms. The van der Waals surface area contributed by atoms with Gasteiger partial charge in [-0.1, -0.05) is 24.3 Å². The number of nitrogens with zero attached hydrogens (tertiary/aromatic N) is 8. The molecule has 52 heavy (non-hydrogen) atoms. The summed E-state index contributed by atoms with van der Waals surface area (Å²) in [6, 6.07) is 13.2. The Morgan fingerprint density at radius 3 is 1.75 bits per heavy atom. The van der Waals surface area contributed by atoms with Gasteiger partial charge in [-0.05, 0) is 32.9 Å². The molecule has 17 heteroatoms. The molecule has 0 aliphatic carbocycles. The van der Waals surface area contributed by atoms with Crippen LogP contribution in [0.5, 0.6) is 0 Å². The molecule has 0 unspecified atom stereocenters. The molecular weight excluding hydrogens is 709 g/mol. The summed E-state index contributed by atoms with van der Waals surface area (Å²) in [4.78, 5) is 48.6. The van der Waals surface area contributed by atoms with Crippen LogP contribution in [0.1, 0.15) is 32.2 Å². The van der Waals surface area contributed by atoms with Crippen LogP contribution in [-0.4, -0.2) is 94.5 Å². The SMILES string of the molecule is CC(C)(C)OC(=O)N1CCN(CCc2csc3nc(-c4ccccc4[N+](=O)[O-])cn23)CC1.O=[N+]([O-])c1ccccc1-c1cn2c(CCO)csc2n1. The Balaban J connectivity index is 0.000000198. The van der Waals surface area contributed by atoms with Gasteiger partial charge in [0.25, 0.3) is 11.4 Å². The second kappa shape index (κ2) is 15.6. The minimum Gasteiger partial charge on any atom is -0.444 e. The zero-order valence-electron chi connectivity index (χ0n) is 28.9. The zero-order chi connectivity index (χ0) is 37.0. The number of ether oxygens (including phenoxy) is 1. The number of piperazine rings is 1. The summed E-state index contributed by atoms with van der Waals surface area (Å²) >= 11 is 2.99. The van der Waals surface area contributed by atoms with E-state index in [2.05, 4.69) is 20.2 Å². The number of carbonyl (C=O) groups is 1. The number of thiazole rings is 2. The molecular formula is C35H38N8O7S2. The minimum atomic E-state index is -0.484. The number of hydrogen-bond donors (Lipinski definition) is 1. The van der Waals surface area contributed by atoms with Crippen molar-refractivity contribution in [2.45, 2.75) is 39.2 Å². The van der Waals surface area contributed by atoms with E-state index in [9.17, 15) is 25.0 Å². The molecule has 272 valence electrons. The lowest BCUT2D eigenvalue weighted by Gasteiger charge is -2.35. The Kier molecular flexibility index (Phi) is 10.9. The van der Waals surface area contributed by atoms with Gasteiger partial charge in [0, 0.05) is 98.8 Å². The van der Waals surface area contributed by atoms with Crippen molar-refractivity contribution in [1.82, 2.24) is 28.6 Å². The monoisotopic (exact) mass is 746 g/mol. The van der Waals surface area contributed by atoms with Gasteiger partial charge >= 0.3 is 6.09 Å². The lowest BCUT2D eigenvalue weighted by atomic mass is 10.1. The molecule has 1 fully saturated rings. The van der Waals surface area contributed by atoms with Crippen LogP contribution < -0.4 is 0 Å². The van der Waals surface area contributed by atoms with Crippen molar-refractivity contribution < 1.29 is 24.5 Å². The molecule has 1 saturated heterocycles. The quantitative estimate of drug-likeness (QED) is 0.126. The van der Waals surface area contributed by atoms with E-state index >= 15 is 0 Å². The Morgan fingerprint density at radius 2 is 1.29 bits per heavy atom. The number of imidazole rings is 2. The van der Waals surface area contributed by atoms with E-state index in [1.165, 1.54) is 34.8 Å². The fourth-order valence-electron chi connectivity index (χ4n) is 5.84. The average molecular weight is 747 g/mol. The maximum absolute atomic E-state index is 12.2. The molecule has 0 atom stereocenters. The number of benzene rings is 2. The highest BCUT2D eigenvalue weighted by atomic mass is 32.1. The standard InChI is InChI=1S/C22H27N5O4S.C13H11N3O3S/c1-22(2,3)31-21(28)25-12-10-24(11-13-25)9-8-16-15-32-20-23-18(14-26(16)20)17-6-4-5-7-19(17)27(29)30;17-6-5-9-8-20-13-14-11(7-15(9)13)10-3-1-2-4-12(10)16(18)19/h4-7,14-15H,8-13H2,1-3H3;1-4,7-8,17H,5-6H2. The molecule has 7 rings (SSSR count). The Hall–Kier alpha value is -5.23. The van der Waals surface area contributed by atoms with E-state index in [4.69, 9.17) is 9.84 Å². The number of fused-ring (bicyclic) bond motifs is 2. The van der Waals surface area contributed by atoms with Gasteiger partial charge in [-0.25, -0.2) is 14.8 Å². The third kappa shape index (κ3) is 8.28. The highest BCUT2D eigenvalue weighted by Gasteiger charge is 2.26. The number of aromatic nitrogens is 4. The van der Waals surface area contributed by atoms with Gasteiger partial charge in [0.2, 0.25) is 0 Å². The Bertz CT molecular complexity index is 2210. The first-order valence-corrected chi connectivity index (χ1v) is 18.4. The van der Waals surface area contributed by atoms with Crippen LogP contribution in [0.15, 0.2) is 71.7 Å². The third-order valence-corrected chi connectivity index (χ3v) is 10.2. The average Bonchev–Trinajstić information content (AvgIpc) is 3.90. The number of amides is 1. The number of aliphatic hydroxyl groups is 1. The van der Waals surface area contributed by atoms with Crippen LogP contribution in [0.25, 0.3) is 32.4 Å². The summed E-state index contributed by atoms with van der Waals surface area (Å²) in [7, 11) is 0. The molecule has 4 aromatic heterocycles. The smallest absolute Gasteiger partial charge is 0.410 e. The van der Waals surface area contributed by atoms with Crippen molar-refractivity contribution in [3.8, 4) is 22.5 Å². The van der Waals surface area contributed by atoms with E-state index in [1.54, 1.807) is 47.5 Å². The summed E-state index contributed by atoms with van der Waals surface area (Å²) < 4.78 is 9.35. The summed E-state index contributed by atoms with van der Waals surface area (Å²) in [5.74, 6) is 0. The van der Waals surface area contributed by atoms with E-state index in [-0.39, 0.29) is 29.0 Å². The predicted octanol–water partition coefficient (Wildman–Crippen LogP) is 6.57. The first-order chi connectivity index (χ1) is 24.9. The summed E-state index contributed by atoms with van der Waals surface area (Å²) in [5, 5.41) is 35.5. The second-order valence-electron chi connectivity index (χ2n) is 13.1. The molecule has 15 nitrogen and oxygen atoms in total. The summed E-state index contributed by atoms with van der Waals surface area (Å²) in [5.41, 5.74) is 3.90. The number of rotatable bonds is 9. The molecule has 1 amide bonds. The highest BCUT2D eigenvalue weighted by Crippen LogP contribution is 2.32. The normalized spacial score (nSPS) is 13.7. The molecule has 6 aromatic rings. The number of para-hydroxylation sites is 2. The third-order valence-electron chi connectivity index (χ3n) is 8.40. The molecule has 1 aliphatic rings. The van der Waals surface area contributed by atoms with Crippen molar-refractivity contribution in [3.63, 3.8) is 0 Å². The lowest BCUT2D eigenvalue weighted by molar-refractivity contribution is -0.384. The molecule has 1 N–H and O–H groups in total. The minimum absolute atomic E-state index is 0.0435. The first kappa shape index (κ1) is 36.6. The van der Waals surface area contributed by atoms with Crippen LogP contribution in [0.2, 0.25) is 0 Å². The van der Waals surface area contributed by atoms with Crippen molar-refractivity contribution >= 4 is 50.1 Å². The topological polar surface area (TPSA) is 174 Å². The second-order valence-corrected chi connectivity index (χ2v) is 14.8. The lowest BCUT2D eigenvalue weighted by Crippen LogP contribution is -2.50. The molecule has 0 bridgehead atoms. The van der Waals surface area contributed by atoms with Gasteiger partial charge in [0.05, 0.1) is 32.4 Å². The van der Waals surface area contributed by atoms with Crippen molar-refractivity contribution in [2.75, 3.05) is 39.3 Å². The first-order valence-electron chi connectivity index (χ1n) is 16.6. The fraction of sp³-hybridized carbons (Fsp3) is 0.343. The van der Waals surface area contributed by atoms with Gasteiger partial charge in [0.15, 0.2) is 9.92 Å².